The third kappa shape index (κ3) is 10.7. The zero-order valence-corrected chi connectivity index (χ0v) is 32.8. The second-order valence-corrected chi connectivity index (χ2v) is 15.3. The van der Waals surface area contributed by atoms with Crippen molar-refractivity contribution in [1.29, 1.82) is 0 Å². The smallest absolute Gasteiger partial charge is 0.352 e. The summed E-state index contributed by atoms with van der Waals surface area (Å²) in [7, 11) is 0. The Morgan fingerprint density at radius 3 is 1.95 bits per heavy atom. The summed E-state index contributed by atoms with van der Waals surface area (Å²) >= 11 is 0. The predicted octanol–water partition coefficient (Wildman–Crippen LogP) is 9.73. The van der Waals surface area contributed by atoms with Crippen LogP contribution in [0.15, 0.2) is 64.7 Å². The fourth-order valence-electron chi connectivity index (χ4n) is 7.36. The molecule has 6 rings (SSSR count). The molecule has 57 heavy (non-hydrogen) atoms. The molecule has 0 saturated heterocycles. The second-order valence-electron chi connectivity index (χ2n) is 15.3. The summed E-state index contributed by atoms with van der Waals surface area (Å²) in [6, 6.07) is 4.76. The maximum absolute atomic E-state index is 13.8. The number of allylic oxidation sites excluding steroid dienone is 3. The molecule has 17 heteroatoms. The number of hydrogen-bond acceptors (Lipinski definition) is 10. The number of hydrogen-bond donors (Lipinski definition) is 4. The maximum Gasteiger partial charge on any atom is 0.433 e. The van der Waals surface area contributed by atoms with Crippen molar-refractivity contribution in [3.8, 4) is 0 Å². The van der Waals surface area contributed by atoms with Crippen LogP contribution in [0.3, 0.4) is 0 Å². The van der Waals surface area contributed by atoms with Gasteiger partial charge >= 0.3 is 18.3 Å². The van der Waals surface area contributed by atoms with Crippen molar-refractivity contribution >= 4 is 34.9 Å². The molecule has 11 nitrogen and oxygen atoms in total. The van der Waals surface area contributed by atoms with E-state index in [4.69, 9.17) is 15.0 Å². The number of aromatic nitrogens is 5. The number of nitrogens with zero attached hydrogens (tertiary/aromatic N) is 7. The second kappa shape index (κ2) is 17.6. The van der Waals surface area contributed by atoms with Crippen molar-refractivity contribution in [3.63, 3.8) is 0 Å². The topological polar surface area (TPSA) is 128 Å². The third-order valence-corrected chi connectivity index (χ3v) is 10.0. The zero-order chi connectivity index (χ0) is 40.9. The van der Waals surface area contributed by atoms with Gasteiger partial charge in [-0.25, -0.2) is 4.58 Å². The molecule has 3 aromatic rings. The predicted molar refractivity (Wildman–Crippen MR) is 208 cm³/mol. The average Bonchev–Trinajstić information content (AvgIpc) is 3.30. The first-order chi connectivity index (χ1) is 27.1. The van der Waals surface area contributed by atoms with Crippen LogP contribution in [-0.4, -0.2) is 59.3 Å². The number of aliphatic imine (C=N–C) groups is 1. The molecule has 1 aliphatic heterocycles. The number of halogens is 6. The monoisotopic (exact) mass is 798 g/mol. The number of anilines is 4. The molecular formula is C40H50F6N11+. The summed E-state index contributed by atoms with van der Waals surface area (Å²) in [4.78, 5) is 26.2. The Kier molecular flexibility index (Phi) is 12.8. The Bertz CT molecular complexity index is 2030. The maximum atomic E-state index is 13.8. The summed E-state index contributed by atoms with van der Waals surface area (Å²) in [5.74, 6) is 2.13. The van der Waals surface area contributed by atoms with Crippen molar-refractivity contribution < 1.29 is 30.9 Å². The molecule has 0 spiro atoms. The summed E-state index contributed by atoms with van der Waals surface area (Å²) in [5, 5.41) is 13.1. The van der Waals surface area contributed by atoms with E-state index >= 15 is 0 Å². The number of nitrogens with one attached hydrogen (secondary N) is 4. The fourth-order valence-corrected chi connectivity index (χ4v) is 7.36. The van der Waals surface area contributed by atoms with E-state index < -0.39 is 23.7 Å². The van der Waals surface area contributed by atoms with Crippen LogP contribution in [-0.2, 0) is 12.4 Å². The Hall–Kier alpha value is -5.09. The van der Waals surface area contributed by atoms with E-state index in [0.717, 1.165) is 55.3 Å². The van der Waals surface area contributed by atoms with Crippen LogP contribution >= 0.6 is 0 Å². The van der Waals surface area contributed by atoms with Gasteiger partial charge in [-0.15, -0.1) is 4.99 Å². The van der Waals surface area contributed by atoms with Gasteiger partial charge < -0.3 is 10.6 Å². The Labute approximate surface area is 328 Å². The molecular weight excluding hydrogens is 749 g/mol. The molecule has 3 aliphatic rings. The summed E-state index contributed by atoms with van der Waals surface area (Å²) in [6.07, 6.45) is 3.17. The number of pyridine rings is 2. The first kappa shape index (κ1) is 41.5. The molecule has 2 aliphatic carbocycles. The van der Waals surface area contributed by atoms with Crippen LogP contribution in [0.25, 0.3) is 0 Å². The molecule has 1 saturated carbocycles. The van der Waals surface area contributed by atoms with Crippen molar-refractivity contribution in [1.82, 2.24) is 30.2 Å². The molecule has 3 aromatic heterocycles. The van der Waals surface area contributed by atoms with Gasteiger partial charge in [0.25, 0.3) is 0 Å². The molecule has 0 bridgehead atoms. The highest BCUT2D eigenvalue weighted by Gasteiger charge is 2.37. The van der Waals surface area contributed by atoms with Crippen LogP contribution in [0, 0.1) is 0 Å². The number of guanidine groups is 1. The molecule has 0 atom stereocenters. The van der Waals surface area contributed by atoms with E-state index in [2.05, 4.69) is 53.8 Å². The van der Waals surface area contributed by atoms with Gasteiger partial charge in [0.2, 0.25) is 11.9 Å². The van der Waals surface area contributed by atoms with E-state index in [1.54, 1.807) is 6.07 Å². The fraction of sp³-hybridized carbons (Fsp3) is 0.525. The van der Waals surface area contributed by atoms with Crippen molar-refractivity contribution in [2.75, 3.05) is 16.0 Å². The molecule has 1 fully saturated rings. The third-order valence-electron chi connectivity index (χ3n) is 10.0. The van der Waals surface area contributed by atoms with Gasteiger partial charge in [0, 0.05) is 48.1 Å². The normalized spacial score (nSPS) is 19.7. The molecule has 0 radical (unpaired) electrons. The first-order valence-electron chi connectivity index (χ1n) is 19.6. The van der Waals surface area contributed by atoms with Crippen molar-refractivity contribution in [2.45, 2.75) is 135 Å². The van der Waals surface area contributed by atoms with Gasteiger partial charge in [0.15, 0.2) is 5.82 Å². The lowest BCUT2D eigenvalue weighted by atomic mass is 9.85. The van der Waals surface area contributed by atoms with Gasteiger partial charge in [-0.3, -0.25) is 20.6 Å². The van der Waals surface area contributed by atoms with E-state index in [1.807, 2.05) is 27.7 Å². The summed E-state index contributed by atoms with van der Waals surface area (Å²) < 4.78 is 83.9. The molecule has 306 valence electrons. The lowest BCUT2D eigenvalue weighted by Gasteiger charge is -2.31. The van der Waals surface area contributed by atoms with Gasteiger partial charge in [0.05, 0.1) is 17.8 Å². The van der Waals surface area contributed by atoms with Crippen LogP contribution in [0.5, 0.6) is 0 Å². The zero-order valence-electron chi connectivity index (χ0n) is 32.8. The molecule has 4 N–H and O–H groups in total. The molecule has 0 unspecified atom stereocenters. The largest absolute Gasteiger partial charge is 0.433 e. The highest BCUT2D eigenvalue weighted by Crippen LogP contribution is 2.37. The number of rotatable bonds is 11. The minimum atomic E-state index is -4.62. The van der Waals surface area contributed by atoms with E-state index in [-0.39, 0.29) is 41.4 Å². The van der Waals surface area contributed by atoms with Gasteiger partial charge in [-0.1, -0.05) is 13.0 Å². The Morgan fingerprint density at radius 1 is 0.772 bits per heavy atom. The minimum absolute atomic E-state index is 0.00184. The van der Waals surface area contributed by atoms with Crippen LogP contribution in [0.1, 0.15) is 122 Å². The average molecular weight is 799 g/mol. The lowest BCUT2D eigenvalue weighted by Crippen LogP contribution is -2.43. The standard InChI is InChI=1S/C40H49F6N11/c1-6-25-20-31(26-10-8-7-9-11-26)53-38(50-24(4)5)57(35(25)51-28-16-18-47-32(21-28)39(41,42)43)30-14-12-27(13-15-30)34-54-36(49-23(2)3)56-37(55-34)52-29-17-19-48-33(22-29)40(44,45)46/h10,16-19,21-24,27,30H,6-9,11-15,20H2,1-5H3,(H3,47,48,49,51,52,54,55,56)/p+1. The van der Waals surface area contributed by atoms with Crippen LogP contribution in [0.4, 0.5) is 49.6 Å². The minimum Gasteiger partial charge on any atom is -0.352 e. The summed E-state index contributed by atoms with van der Waals surface area (Å²) in [6.45, 7) is 9.98. The molecule has 0 aromatic carbocycles. The Balaban J connectivity index is 1.36. The van der Waals surface area contributed by atoms with E-state index in [9.17, 15) is 26.3 Å². The highest BCUT2D eigenvalue weighted by atomic mass is 19.4. The SMILES string of the molecule is CCC1=C(Nc2ccnc(C(F)(F)F)c2)[N+](C2CCC(c3nc(Nc4ccnc(C(F)(F)F)c4)nc(NC(C)C)n3)CC2)=C(NC(C)C)N=C(C2=CCCCC2)C1. The molecule has 4 heterocycles. The van der Waals surface area contributed by atoms with Gasteiger partial charge in [-0.2, -0.15) is 41.3 Å². The lowest BCUT2D eigenvalue weighted by molar-refractivity contribution is -0.525. The molecule has 0 amide bonds. The first-order valence-corrected chi connectivity index (χ1v) is 19.6. The quantitative estimate of drug-likeness (QED) is 0.111. The van der Waals surface area contributed by atoms with Gasteiger partial charge in [-0.05, 0) is 109 Å². The van der Waals surface area contributed by atoms with Crippen molar-refractivity contribution in [3.05, 3.63) is 76.9 Å². The van der Waals surface area contributed by atoms with E-state index in [0.29, 0.717) is 62.1 Å². The van der Waals surface area contributed by atoms with Crippen LogP contribution < -0.4 is 21.3 Å². The van der Waals surface area contributed by atoms with Crippen LogP contribution in [0.2, 0.25) is 0 Å². The van der Waals surface area contributed by atoms with E-state index in [1.165, 1.54) is 17.8 Å². The van der Waals surface area contributed by atoms with Crippen molar-refractivity contribution in [2.24, 2.45) is 4.99 Å². The van der Waals surface area contributed by atoms with Gasteiger partial charge in [0.1, 0.15) is 22.9 Å². The number of alkyl halides is 6. The highest BCUT2D eigenvalue weighted by molar-refractivity contribution is 6.07. The Morgan fingerprint density at radius 2 is 1.39 bits per heavy atom. The summed E-state index contributed by atoms with van der Waals surface area (Å²) in [5.41, 5.74) is 1.57.